The molecule has 0 fully saturated rings. The fourth-order valence-corrected chi connectivity index (χ4v) is 2.29. The van der Waals surface area contributed by atoms with E-state index in [2.05, 4.69) is 4.98 Å². The van der Waals surface area contributed by atoms with Crippen LogP contribution in [0.4, 0.5) is 5.95 Å². The first-order valence-corrected chi connectivity index (χ1v) is 5.62. The van der Waals surface area contributed by atoms with Gasteiger partial charge in [-0.25, -0.2) is 4.98 Å². The number of nitrogens with two attached hydrogens (primary N) is 2. The molecule has 5 nitrogen and oxygen atoms in total. The van der Waals surface area contributed by atoms with Gasteiger partial charge in [-0.05, 0) is 12.1 Å². The first-order chi connectivity index (χ1) is 7.56. The van der Waals surface area contributed by atoms with Crippen LogP contribution in [0, 0.1) is 0 Å². The fraction of sp³-hybridized carbons (Fsp3) is 0.111. The van der Waals surface area contributed by atoms with E-state index in [4.69, 9.17) is 23.1 Å². The number of anilines is 1. The van der Waals surface area contributed by atoms with Crippen LogP contribution in [0.5, 0.6) is 0 Å². The summed E-state index contributed by atoms with van der Waals surface area (Å²) in [4.78, 5) is 15.8. The normalized spacial score (nSPS) is 10.6. The monoisotopic (exact) mass is 256 g/mol. The van der Waals surface area contributed by atoms with Crippen LogP contribution in [0.1, 0.15) is 0 Å². The minimum Gasteiger partial charge on any atom is -0.369 e. The first-order valence-electron chi connectivity index (χ1n) is 4.43. The highest BCUT2D eigenvalue weighted by Crippen LogP contribution is 2.30. The van der Waals surface area contributed by atoms with Crippen molar-refractivity contribution in [2.75, 3.05) is 5.73 Å². The Morgan fingerprint density at radius 1 is 1.56 bits per heavy atom. The molecule has 0 spiro atoms. The molecule has 0 aliphatic rings. The summed E-state index contributed by atoms with van der Waals surface area (Å²) in [6, 6.07) is 3.63. The average Bonchev–Trinajstić information content (AvgIpc) is 2.74. The van der Waals surface area contributed by atoms with Crippen molar-refractivity contribution < 1.29 is 4.79 Å². The fourth-order valence-electron chi connectivity index (χ4n) is 1.30. The molecule has 0 bridgehead atoms. The number of halogens is 1. The van der Waals surface area contributed by atoms with Crippen molar-refractivity contribution in [3.8, 4) is 10.6 Å². The van der Waals surface area contributed by atoms with Crippen LogP contribution in [0.25, 0.3) is 10.6 Å². The topological polar surface area (TPSA) is 86.9 Å². The van der Waals surface area contributed by atoms with Crippen molar-refractivity contribution >= 4 is 34.8 Å². The van der Waals surface area contributed by atoms with Crippen LogP contribution < -0.4 is 11.5 Å². The minimum atomic E-state index is -0.458. The Labute approximate surface area is 101 Å². The van der Waals surface area contributed by atoms with Gasteiger partial charge in [0, 0.05) is 6.20 Å². The molecule has 0 unspecified atom stereocenters. The van der Waals surface area contributed by atoms with Crippen molar-refractivity contribution in [1.82, 2.24) is 9.55 Å². The van der Waals surface area contributed by atoms with Gasteiger partial charge in [-0.1, -0.05) is 11.6 Å². The van der Waals surface area contributed by atoms with Gasteiger partial charge in [0.05, 0.1) is 9.21 Å². The molecule has 2 aromatic rings. The van der Waals surface area contributed by atoms with Crippen LogP contribution in [0.15, 0.2) is 18.3 Å². The number of hydrogen-bond donors (Lipinski definition) is 2. The molecule has 0 atom stereocenters. The number of nitrogen functional groups attached to an aromatic ring is 1. The number of aromatic nitrogens is 2. The molecule has 0 saturated carbocycles. The van der Waals surface area contributed by atoms with Crippen molar-refractivity contribution in [3.63, 3.8) is 0 Å². The number of primary amides is 1. The second kappa shape index (κ2) is 4.15. The molecule has 0 aromatic carbocycles. The SMILES string of the molecule is NC(=O)Cn1cc(-c2ccc(Cl)s2)nc1N. The Bertz CT molecular complexity index is 533. The molecule has 2 rings (SSSR count). The first kappa shape index (κ1) is 11.0. The molecular formula is C9H9ClN4OS. The largest absolute Gasteiger partial charge is 0.369 e. The number of thiophene rings is 1. The number of hydrogen-bond acceptors (Lipinski definition) is 4. The average molecular weight is 257 g/mol. The highest BCUT2D eigenvalue weighted by molar-refractivity contribution is 7.19. The Kier molecular flexibility index (Phi) is 2.84. The predicted molar refractivity (Wildman–Crippen MR) is 64.2 cm³/mol. The zero-order valence-electron chi connectivity index (χ0n) is 8.18. The van der Waals surface area contributed by atoms with Gasteiger partial charge in [0.15, 0.2) is 0 Å². The van der Waals surface area contributed by atoms with Gasteiger partial charge >= 0.3 is 0 Å². The standard InChI is InChI=1S/C9H9ClN4OS/c10-7-2-1-6(16-7)5-3-14(4-8(11)15)9(12)13-5/h1-3H,4H2,(H2,11,15)(H2,12,13). The predicted octanol–water partition coefficient (Wildman–Crippen LogP) is 1.33. The van der Waals surface area contributed by atoms with E-state index in [1.165, 1.54) is 15.9 Å². The van der Waals surface area contributed by atoms with Crippen molar-refractivity contribution in [1.29, 1.82) is 0 Å². The van der Waals surface area contributed by atoms with Gasteiger partial charge in [0.1, 0.15) is 12.2 Å². The summed E-state index contributed by atoms with van der Waals surface area (Å²) in [5.41, 5.74) is 11.4. The highest BCUT2D eigenvalue weighted by Gasteiger charge is 2.10. The highest BCUT2D eigenvalue weighted by atomic mass is 35.5. The maximum absolute atomic E-state index is 10.8. The Balaban J connectivity index is 2.33. The molecule has 0 saturated heterocycles. The number of nitrogens with zero attached hydrogens (tertiary/aromatic N) is 2. The van der Waals surface area contributed by atoms with Gasteiger partial charge in [0.25, 0.3) is 0 Å². The Morgan fingerprint density at radius 3 is 2.88 bits per heavy atom. The summed E-state index contributed by atoms with van der Waals surface area (Å²) in [6.45, 7) is 0.0257. The Hall–Kier alpha value is -1.53. The number of imidazole rings is 1. The van der Waals surface area contributed by atoms with Crippen LogP contribution in [0.2, 0.25) is 4.34 Å². The lowest BCUT2D eigenvalue weighted by Gasteiger charge is -1.98. The smallest absolute Gasteiger partial charge is 0.237 e. The van der Waals surface area contributed by atoms with E-state index < -0.39 is 5.91 Å². The van der Waals surface area contributed by atoms with Crippen LogP contribution in [-0.2, 0) is 11.3 Å². The Morgan fingerprint density at radius 2 is 2.31 bits per heavy atom. The maximum Gasteiger partial charge on any atom is 0.237 e. The number of amides is 1. The summed E-state index contributed by atoms with van der Waals surface area (Å²) in [5.74, 6) is -0.196. The zero-order valence-corrected chi connectivity index (χ0v) is 9.76. The lowest BCUT2D eigenvalue weighted by molar-refractivity contribution is -0.118. The van der Waals surface area contributed by atoms with E-state index in [-0.39, 0.29) is 12.5 Å². The second-order valence-electron chi connectivity index (χ2n) is 3.18. The van der Waals surface area contributed by atoms with E-state index in [1.807, 2.05) is 6.07 Å². The molecule has 0 radical (unpaired) electrons. The summed E-state index contributed by atoms with van der Waals surface area (Å²) in [5, 5.41) is 0. The van der Waals surface area contributed by atoms with E-state index in [0.29, 0.717) is 10.0 Å². The van der Waals surface area contributed by atoms with Gasteiger partial charge in [0.2, 0.25) is 11.9 Å². The van der Waals surface area contributed by atoms with E-state index in [1.54, 1.807) is 12.3 Å². The molecule has 4 N–H and O–H groups in total. The third-order valence-electron chi connectivity index (χ3n) is 1.96. The number of rotatable bonds is 3. The van der Waals surface area contributed by atoms with Crippen LogP contribution >= 0.6 is 22.9 Å². The summed E-state index contributed by atoms with van der Waals surface area (Å²) in [6.07, 6.45) is 1.68. The van der Waals surface area contributed by atoms with Crippen molar-refractivity contribution in [2.45, 2.75) is 6.54 Å². The van der Waals surface area contributed by atoms with Crippen molar-refractivity contribution in [2.24, 2.45) is 5.73 Å². The lowest BCUT2D eigenvalue weighted by Crippen LogP contribution is -2.19. The van der Waals surface area contributed by atoms with E-state index >= 15 is 0 Å². The molecule has 2 aromatic heterocycles. The van der Waals surface area contributed by atoms with Crippen LogP contribution in [0.3, 0.4) is 0 Å². The van der Waals surface area contributed by atoms with Gasteiger partial charge < -0.3 is 16.0 Å². The molecule has 0 aliphatic heterocycles. The molecule has 1 amide bonds. The molecule has 0 aliphatic carbocycles. The van der Waals surface area contributed by atoms with Crippen molar-refractivity contribution in [3.05, 3.63) is 22.7 Å². The summed E-state index contributed by atoms with van der Waals surface area (Å²) in [7, 11) is 0. The minimum absolute atomic E-state index is 0.0257. The molecule has 7 heteroatoms. The lowest BCUT2D eigenvalue weighted by atomic mass is 10.4. The maximum atomic E-state index is 10.8. The van der Waals surface area contributed by atoms with Gasteiger partial charge in [-0.2, -0.15) is 0 Å². The molecular weight excluding hydrogens is 248 g/mol. The third-order valence-corrected chi connectivity index (χ3v) is 3.21. The van der Waals surface area contributed by atoms with E-state index in [0.717, 1.165) is 4.88 Å². The molecule has 84 valence electrons. The second-order valence-corrected chi connectivity index (χ2v) is 4.90. The number of carbonyl (C=O) groups is 1. The quantitative estimate of drug-likeness (QED) is 0.869. The third kappa shape index (κ3) is 2.17. The van der Waals surface area contributed by atoms with Gasteiger partial charge in [-0.3, -0.25) is 4.79 Å². The summed E-state index contributed by atoms with van der Waals surface area (Å²) >= 11 is 7.22. The zero-order chi connectivity index (χ0) is 11.7. The van der Waals surface area contributed by atoms with Crippen LogP contribution in [-0.4, -0.2) is 15.5 Å². The summed E-state index contributed by atoms with van der Waals surface area (Å²) < 4.78 is 2.18. The number of carbonyl (C=O) groups excluding carboxylic acids is 1. The van der Waals surface area contributed by atoms with E-state index in [9.17, 15) is 4.79 Å². The molecule has 2 heterocycles. The molecule has 16 heavy (non-hydrogen) atoms. The van der Waals surface area contributed by atoms with Gasteiger partial charge in [-0.15, -0.1) is 11.3 Å².